The third-order valence-electron chi connectivity index (χ3n) is 3.39. The van der Waals surface area contributed by atoms with Gasteiger partial charge in [-0.1, -0.05) is 12.1 Å². The molecule has 24 heavy (non-hydrogen) atoms. The Hall–Kier alpha value is -3.15. The minimum atomic E-state index is -0.673. The molecule has 0 bridgehead atoms. The van der Waals surface area contributed by atoms with E-state index in [1.54, 1.807) is 31.2 Å². The maximum absolute atomic E-state index is 13.7. The zero-order valence-electron chi connectivity index (χ0n) is 12.8. The van der Waals surface area contributed by atoms with E-state index < -0.39 is 11.9 Å². The predicted molar refractivity (Wildman–Crippen MR) is 88.5 cm³/mol. The molecule has 0 aliphatic heterocycles. The number of amides is 1. The second-order valence-corrected chi connectivity index (χ2v) is 5.01. The average molecular weight is 327 g/mol. The summed E-state index contributed by atoms with van der Waals surface area (Å²) in [6.45, 7) is 1.88. The molecule has 6 heteroatoms. The lowest BCUT2D eigenvalue weighted by Crippen LogP contribution is -2.14. The third-order valence-corrected chi connectivity index (χ3v) is 3.39. The summed E-state index contributed by atoms with van der Waals surface area (Å²) < 4.78 is 24.2. The van der Waals surface area contributed by atoms with Crippen LogP contribution in [-0.4, -0.2) is 12.7 Å². The number of benzene rings is 2. The first-order chi connectivity index (χ1) is 11.6. The number of nitrogens with one attached hydrogen (secondary N) is 1. The van der Waals surface area contributed by atoms with Gasteiger partial charge in [-0.15, -0.1) is 0 Å². The van der Waals surface area contributed by atoms with Gasteiger partial charge in [-0.3, -0.25) is 10.1 Å². The second-order valence-electron chi connectivity index (χ2n) is 5.01. The third kappa shape index (κ3) is 3.12. The van der Waals surface area contributed by atoms with E-state index in [0.29, 0.717) is 11.0 Å². The largest absolute Gasteiger partial charge is 0.456 e. The van der Waals surface area contributed by atoms with Crippen LogP contribution in [0, 0.1) is 5.82 Å². The molecule has 1 heterocycles. The highest BCUT2D eigenvalue weighted by molar-refractivity contribution is 5.91. The Morgan fingerprint density at radius 2 is 2.00 bits per heavy atom. The monoisotopic (exact) mass is 327 g/mol. The number of anilines is 1. The van der Waals surface area contributed by atoms with Crippen LogP contribution in [0.25, 0.3) is 22.3 Å². The Morgan fingerprint density at radius 1 is 1.21 bits per heavy atom. The van der Waals surface area contributed by atoms with E-state index in [4.69, 9.17) is 9.15 Å². The van der Waals surface area contributed by atoms with Crippen LogP contribution in [0.15, 0.2) is 57.7 Å². The highest BCUT2D eigenvalue weighted by Gasteiger charge is 2.14. The molecule has 0 aliphatic rings. The van der Waals surface area contributed by atoms with Crippen LogP contribution in [-0.2, 0) is 4.74 Å². The van der Waals surface area contributed by atoms with E-state index in [-0.39, 0.29) is 29.0 Å². The topological polar surface area (TPSA) is 68.5 Å². The Labute approximate surface area is 136 Å². The van der Waals surface area contributed by atoms with E-state index >= 15 is 0 Å². The molecule has 0 saturated carbocycles. The van der Waals surface area contributed by atoms with E-state index in [9.17, 15) is 14.0 Å². The zero-order valence-corrected chi connectivity index (χ0v) is 12.8. The van der Waals surface area contributed by atoms with Gasteiger partial charge in [0, 0.05) is 11.6 Å². The lowest BCUT2D eigenvalue weighted by Gasteiger charge is -2.11. The molecule has 1 N–H and O–H groups in total. The van der Waals surface area contributed by atoms with Crippen LogP contribution in [0.3, 0.4) is 0 Å². The van der Waals surface area contributed by atoms with Crippen LogP contribution >= 0.6 is 0 Å². The van der Waals surface area contributed by atoms with Gasteiger partial charge in [0.05, 0.1) is 17.7 Å². The summed E-state index contributed by atoms with van der Waals surface area (Å²) in [5.41, 5.74) is 0.670. The molecular formula is C18H14FNO4. The van der Waals surface area contributed by atoms with Gasteiger partial charge in [-0.2, -0.15) is 0 Å². The van der Waals surface area contributed by atoms with E-state index in [1.807, 2.05) is 0 Å². The number of ether oxygens (including phenoxy) is 1. The van der Waals surface area contributed by atoms with Crippen molar-refractivity contribution in [3.63, 3.8) is 0 Å². The number of fused-ring (bicyclic) bond motifs is 1. The molecule has 0 spiro atoms. The number of para-hydroxylation sites is 1. The van der Waals surface area contributed by atoms with Crippen LogP contribution in [0.4, 0.5) is 14.9 Å². The molecule has 122 valence electrons. The van der Waals surface area contributed by atoms with Gasteiger partial charge in [-0.25, -0.2) is 9.18 Å². The van der Waals surface area contributed by atoms with Gasteiger partial charge in [0.25, 0.3) is 0 Å². The maximum atomic E-state index is 13.7. The predicted octanol–water partition coefficient (Wildman–Crippen LogP) is 4.17. The van der Waals surface area contributed by atoms with Crippen molar-refractivity contribution in [3.05, 3.63) is 64.6 Å². The van der Waals surface area contributed by atoms with Crippen molar-refractivity contribution in [1.29, 1.82) is 0 Å². The number of hydrogen-bond acceptors (Lipinski definition) is 4. The smallest absolute Gasteiger partial charge is 0.411 e. The molecule has 3 rings (SSSR count). The lowest BCUT2D eigenvalue weighted by molar-refractivity contribution is 0.168. The molecule has 0 fully saturated rings. The van der Waals surface area contributed by atoms with E-state index in [1.165, 1.54) is 24.3 Å². The highest BCUT2D eigenvalue weighted by atomic mass is 19.1. The van der Waals surface area contributed by atoms with Gasteiger partial charge < -0.3 is 9.15 Å². The van der Waals surface area contributed by atoms with Crippen molar-refractivity contribution in [2.24, 2.45) is 0 Å². The Morgan fingerprint density at radius 3 is 2.79 bits per heavy atom. The molecule has 0 atom stereocenters. The number of rotatable bonds is 3. The summed E-state index contributed by atoms with van der Waals surface area (Å²) in [5.74, 6) is -0.361. The van der Waals surface area contributed by atoms with Crippen molar-refractivity contribution in [2.45, 2.75) is 6.92 Å². The van der Waals surface area contributed by atoms with Crippen LogP contribution in [0.1, 0.15) is 6.92 Å². The van der Waals surface area contributed by atoms with Crippen molar-refractivity contribution in [2.75, 3.05) is 11.9 Å². The van der Waals surface area contributed by atoms with Crippen molar-refractivity contribution < 1.29 is 18.3 Å². The first kappa shape index (κ1) is 15.7. The lowest BCUT2D eigenvalue weighted by atomic mass is 10.1. The van der Waals surface area contributed by atoms with Crippen molar-refractivity contribution >= 4 is 22.7 Å². The Balaban J connectivity index is 2.13. The summed E-state index contributed by atoms with van der Waals surface area (Å²) in [4.78, 5) is 23.9. The zero-order chi connectivity index (χ0) is 17.1. The second kappa shape index (κ2) is 6.54. The molecule has 3 aromatic rings. The van der Waals surface area contributed by atoms with Gasteiger partial charge in [-0.05, 0) is 37.3 Å². The van der Waals surface area contributed by atoms with Crippen molar-refractivity contribution in [3.8, 4) is 11.3 Å². The number of hydrogen-bond donors (Lipinski definition) is 1. The van der Waals surface area contributed by atoms with Crippen molar-refractivity contribution in [1.82, 2.24) is 0 Å². The molecule has 1 amide bonds. The fourth-order valence-electron chi connectivity index (χ4n) is 2.34. The highest BCUT2D eigenvalue weighted by Crippen LogP contribution is 2.30. The number of halogens is 1. The fourth-order valence-corrected chi connectivity index (χ4v) is 2.34. The van der Waals surface area contributed by atoms with Gasteiger partial charge in [0.2, 0.25) is 0 Å². The average Bonchev–Trinajstić information content (AvgIpc) is 2.56. The van der Waals surface area contributed by atoms with Crippen LogP contribution in [0.5, 0.6) is 0 Å². The standard InChI is InChI=1S/C18H14FNO4/c1-2-23-18(22)20-14-8-7-11(19)9-13(14)17-10-15(21)12-5-3-4-6-16(12)24-17/h3-10H,2H2,1H3,(H,20,22). The summed E-state index contributed by atoms with van der Waals surface area (Å²) in [7, 11) is 0. The summed E-state index contributed by atoms with van der Waals surface area (Å²) in [5, 5.41) is 2.94. The first-order valence-corrected chi connectivity index (χ1v) is 7.35. The molecular weight excluding hydrogens is 313 g/mol. The minimum absolute atomic E-state index is 0.157. The maximum Gasteiger partial charge on any atom is 0.411 e. The summed E-state index contributed by atoms with van der Waals surface area (Å²) >= 11 is 0. The van der Waals surface area contributed by atoms with Crippen LogP contribution < -0.4 is 10.7 Å². The van der Waals surface area contributed by atoms with Gasteiger partial charge in [0.1, 0.15) is 17.2 Å². The van der Waals surface area contributed by atoms with Crippen LogP contribution in [0.2, 0.25) is 0 Å². The van der Waals surface area contributed by atoms with E-state index in [0.717, 1.165) is 0 Å². The molecule has 2 aromatic carbocycles. The normalized spacial score (nSPS) is 10.6. The minimum Gasteiger partial charge on any atom is -0.456 e. The number of carbonyl (C=O) groups excluding carboxylic acids is 1. The molecule has 0 radical (unpaired) electrons. The molecule has 0 unspecified atom stereocenters. The quantitative estimate of drug-likeness (QED) is 0.784. The molecule has 5 nitrogen and oxygen atoms in total. The SMILES string of the molecule is CCOC(=O)Nc1ccc(F)cc1-c1cc(=O)c2ccccc2o1. The molecule has 1 aromatic heterocycles. The number of carbonyl (C=O) groups is 1. The van der Waals surface area contributed by atoms with E-state index in [2.05, 4.69) is 5.32 Å². The Kier molecular flexibility index (Phi) is 4.29. The fraction of sp³-hybridized carbons (Fsp3) is 0.111. The Bertz CT molecular complexity index is 965. The summed E-state index contributed by atoms with van der Waals surface area (Å²) in [6, 6.07) is 11.8. The summed E-state index contributed by atoms with van der Waals surface area (Å²) in [6.07, 6.45) is -0.673. The molecule has 0 saturated heterocycles. The first-order valence-electron chi connectivity index (χ1n) is 7.35. The molecule has 0 aliphatic carbocycles. The van der Waals surface area contributed by atoms with Gasteiger partial charge >= 0.3 is 6.09 Å². The van der Waals surface area contributed by atoms with Gasteiger partial charge in [0.15, 0.2) is 5.43 Å².